The van der Waals surface area contributed by atoms with Gasteiger partial charge in [-0.25, -0.2) is 4.98 Å². The number of thiophene rings is 1. The average molecular weight is 246 g/mol. The summed E-state index contributed by atoms with van der Waals surface area (Å²) in [6, 6.07) is 1.84. The fourth-order valence-electron chi connectivity index (χ4n) is 1.14. The molecule has 0 aromatic carbocycles. The van der Waals surface area contributed by atoms with Crippen LogP contribution in [0.5, 0.6) is 0 Å². The number of hydrogen-bond acceptors (Lipinski definition) is 4. The molecule has 74 valence electrons. The van der Waals surface area contributed by atoms with E-state index < -0.39 is 6.10 Å². The molecule has 0 radical (unpaired) electrons. The van der Waals surface area contributed by atoms with E-state index in [2.05, 4.69) is 4.98 Å². The number of aliphatic hydroxyl groups excluding tert-OH is 1. The maximum atomic E-state index is 9.80. The van der Waals surface area contributed by atoms with Crippen LogP contribution in [0.3, 0.4) is 0 Å². The second kappa shape index (κ2) is 4.40. The van der Waals surface area contributed by atoms with Crippen LogP contribution in [0, 0.1) is 0 Å². The Morgan fingerprint density at radius 3 is 3.00 bits per heavy atom. The van der Waals surface area contributed by atoms with Crippen LogP contribution in [0.1, 0.15) is 16.7 Å². The van der Waals surface area contributed by atoms with Crippen molar-refractivity contribution < 1.29 is 5.11 Å². The molecule has 0 saturated carbocycles. The highest BCUT2D eigenvalue weighted by Crippen LogP contribution is 2.27. The highest BCUT2D eigenvalue weighted by Gasteiger charge is 2.13. The summed E-state index contributed by atoms with van der Waals surface area (Å²) in [6.07, 6.45) is -0.00218. The molecule has 1 unspecified atom stereocenters. The molecule has 5 heteroatoms. The molecule has 0 spiro atoms. The van der Waals surface area contributed by atoms with Gasteiger partial charge in [0.1, 0.15) is 6.10 Å². The van der Waals surface area contributed by atoms with Crippen LogP contribution in [-0.2, 0) is 6.42 Å². The lowest BCUT2D eigenvalue weighted by Gasteiger charge is -2.05. The van der Waals surface area contributed by atoms with Gasteiger partial charge in [-0.3, -0.25) is 0 Å². The van der Waals surface area contributed by atoms with Crippen LogP contribution in [0.15, 0.2) is 22.3 Å². The predicted molar refractivity (Wildman–Crippen MR) is 60.1 cm³/mol. The van der Waals surface area contributed by atoms with Crippen molar-refractivity contribution in [1.82, 2.24) is 4.98 Å². The average Bonchev–Trinajstić information content (AvgIpc) is 2.77. The molecule has 0 fully saturated rings. The summed E-state index contributed by atoms with van der Waals surface area (Å²) in [5, 5.41) is 14.3. The summed E-state index contributed by atoms with van der Waals surface area (Å²) in [7, 11) is 0. The first-order chi connectivity index (χ1) is 6.77. The molecular formula is C9H8ClNOS2. The van der Waals surface area contributed by atoms with Gasteiger partial charge >= 0.3 is 0 Å². The summed E-state index contributed by atoms with van der Waals surface area (Å²) in [6.45, 7) is 0. The van der Waals surface area contributed by atoms with Crippen molar-refractivity contribution in [3.8, 4) is 0 Å². The van der Waals surface area contributed by atoms with Gasteiger partial charge in [-0.1, -0.05) is 11.6 Å². The first kappa shape index (κ1) is 10.1. The maximum Gasteiger partial charge on any atom is 0.102 e. The van der Waals surface area contributed by atoms with Crippen molar-refractivity contribution >= 4 is 34.3 Å². The minimum absolute atomic E-state index is 0.542. The Kier molecular flexibility index (Phi) is 3.18. The Hall–Kier alpha value is -0.420. The van der Waals surface area contributed by atoms with E-state index in [4.69, 9.17) is 11.6 Å². The van der Waals surface area contributed by atoms with E-state index in [-0.39, 0.29) is 0 Å². The van der Waals surface area contributed by atoms with E-state index in [9.17, 15) is 5.11 Å². The third-order valence-electron chi connectivity index (χ3n) is 1.86. The molecule has 2 nitrogen and oxygen atoms in total. The van der Waals surface area contributed by atoms with E-state index in [1.165, 1.54) is 11.3 Å². The molecule has 2 heterocycles. The van der Waals surface area contributed by atoms with Gasteiger partial charge in [-0.15, -0.1) is 22.7 Å². The van der Waals surface area contributed by atoms with Gasteiger partial charge in [0, 0.05) is 16.7 Å². The maximum absolute atomic E-state index is 9.80. The zero-order chi connectivity index (χ0) is 9.97. The minimum Gasteiger partial charge on any atom is -0.386 e. The molecule has 0 amide bonds. The zero-order valence-electron chi connectivity index (χ0n) is 7.18. The SMILES string of the molecule is OC(Cc1sccc1Cl)c1cscn1. The van der Waals surface area contributed by atoms with Gasteiger partial charge in [-0.05, 0) is 11.4 Å². The van der Waals surface area contributed by atoms with E-state index in [0.717, 1.165) is 15.6 Å². The number of nitrogens with zero attached hydrogens (tertiary/aromatic N) is 1. The second-order valence-corrected chi connectivity index (χ2v) is 4.95. The summed E-state index contributed by atoms with van der Waals surface area (Å²) in [5.41, 5.74) is 2.44. The Morgan fingerprint density at radius 2 is 2.43 bits per heavy atom. The van der Waals surface area contributed by atoms with Gasteiger partial charge < -0.3 is 5.11 Å². The Balaban J connectivity index is 2.09. The van der Waals surface area contributed by atoms with Crippen LogP contribution < -0.4 is 0 Å². The molecule has 0 aliphatic carbocycles. The van der Waals surface area contributed by atoms with E-state index in [1.807, 2.05) is 16.8 Å². The Labute approximate surface area is 94.8 Å². The predicted octanol–water partition coefficient (Wildman–Crippen LogP) is 3.13. The first-order valence-corrected chi connectivity index (χ1v) is 6.25. The smallest absolute Gasteiger partial charge is 0.102 e. The summed E-state index contributed by atoms with van der Waals surface area (Å²) in [4.78, 5) is 5.06. The molecule has 0 aliphatic heterocycles. The lowest BCUT2D eigenvalue weighted by molar-refractivity contribution is 0.175. The fraction of sp³-hybridized carbons (Fsp3) is 0.222. The van der Waals surface area contributed by atoms with Crippen molar-refractivity contribution in [2.75, 3.05) is 0 Å². The van der Waals surface area contributed by atoms with Crippen LogP contribution in [0.4, 0.5) is 0 Å². The van der Waals surface area contributed by atoms with Crippen LogP contribution in [0.2, 0.25) is 5.02 Å². The highest BCUT2D eigenvalue weighted by atomic mass is 35.5. The number of rotatable bonds is 3. The van der Waals surface area contributed by atoms with Crippen molar-refractivity contribution in [1.29, 1.82) is 0 Å². The van der Waals surface area contributed by atoms with E-state index in [1.54, 1.807) is 16.8 Å². The van der Waals surface area contributed by atoms with Crippen LogP contribution in [-0.4, -0.2) is 10.1 Å². The van der Waals surface area contributed by atoms with Crippen LogP contribution in [0.25, 0.3) is 0 Å². The number of aliphatic hydroxyl groups is 1. The first-order valence-electron chi connectivity index (χ1n) is 4.05. The quantitative estimate of drug-likeness (QED) is 0.901. The van der Waals surface area contributed by atoms with Gasteiger partial charge in [0.05, 0.1) is 16.2 Å². The molecular weight excluding hydrogens is 238 g/mol. The normalized spacial score (nSPS) is 13.0. The van der Waals surface area contributed by atoms with E-state index in [0.29, 0.717) is 6.42 Å². The zero-order valence-corrected chi connectivity index (χ0v) is 9.57. The van der Waals surface area contributed by atoms with Gasteiger partial charge in [0.2, 0.25) is 0 Å². The molecule has 2 rings (SSSR count). The summed E-state index contributed by atoms with van der Waals surface area (Å²) in [5.74, 6) is 0. The number of aromatic nitrogens is 1. The highest BCUT2D eigenvalue weighted by molar-refractivity contribution is 7.10. The standard InChI is InChI=1S/C9H8ClNOS2/c10-6-1-2-14-9(6)3-8(12)7-4-13-5-11-7/h1-2,4-5,8,12H,3H2. The van der Waals surface area contributed by atoms with Crippen molar-refractivity contribution in [2.45, 2.75) is 12.5 Å². The molecule has 14 heavy (non-hydrogen) atoms. The summed E-state index contributed by atoms with van der Waals surface area (Å²) >= 11 is 8.97. The molecule has 2 aromatic rings. The Morgan fingerprint density at radius 1 is 1.57 bits per heavy atom. The third kappa shape index (κ3) is 2.15. The molecule has 0 aliphatic rings. The molecule has 0 bridgehead atoms. The fourth-order valence-corrected chi connectivity index (χ4v) is 2.89. The lowest BCUT2D eigenvalue weighted by atomic mass is 10.2. The summed E-state index contributed by atoms with van der Waals surface area (Å²) < 4.78 is 0. The molecule has 0 saturated heterocycles. The van der Waals surface area contributed by atoms with Crippen molar-refractivity contribution in [3.63, 3.8) is 0 Å². The van der Waals surface area contributed by atoms with Crippen molar-refractivity contribution in [2.24, 2.45) is 0 Å². The number of hydrogen-bond donors (Lipinski definition) is 1. The Bertz CT molecular complexity index is 399. The third-order valence-corrected chi connectivity index (χ3v) is 3.88. The number of halogens is 1. The van der Waals surface area contributed by atoms with Gasteiger partial charge in [-0.2, -0.15) is 0 Å². The minimum atomic E-state index is -0.544. The van der Waals surface area contributed by atoms with Gasteiger partial charge in [0.25, 0.3) is 0 Å². The molecule has 1 atom stereocenters. The lowest BCUT2D eigenvalue weighted by Crippen LogP contribution is -2.00. The second-order valence-electron chi connectivity index (χ2n) is 2.82. The van der Waals surface area contributed by atoms with E-state index >= 15 is 0 Å². The van der Waals surface area contributed by atoms with Gasteiger partial charge in [0.15, 0.2) is 0 Å². The van der Waals surface area contributed by atoms with Crippen LogP contribution >= 0.6 is 34.3 Å². The monoisotopic (exact) mass is 245 g/mol. The number of thiazole rings is 1. The molecule has 2 aromatic heterocycles. The molecule has 1 N–H and O–H groups in total. The largest absolute Gasteiger partial charge is 0.386 e. The van der Waals surface area contributed by atoms with Crippen molar-refractivity contribution in [3.05, 3.63) is 37.9 Å². The topological polar surface area (TPSA) is 33.1 Å².